The molecule has 3 rings (SSSR count). The number of hydrogen-bond acceptors (Lipinski definition) is 5. The van der Waals surface area contributed by atoms with E-state index in [1.54, 1.807) is 36.4 Å². The van der Waals surface area contributed by atoms with Crippen LogP contribution in [0.3, 0.4) is 0 Å². The first-order valence-electron chi connectivity index (χ1n) is 7.09. The molecular weight excluding hydrogens is 330 g/mol. The topological polar surface area (TPSA) is 101 Å². The van der Waals surface area contributed by atoms with Gasteiger partial charge >= 0.3 is 0 Å². The average molecular weight is 345 g/mol. The summed E-state index contributed by atoms with van der Waals surface area (Å²) in [5.41, 5.74) is 1.83. The maximum absolute atomic E-state index is 11.9. The molecule has 1 aromatic carbocycles. The fourth-order valence-corrected chi connectivity index (χ4v) is 2.83. The minimum atomic E-state index is -3.25. The number of sulfonamides is 1. The van der Waals surface area contributed by atoms with Crippen LogP contribution in [0.25, 0.3) is 22.2 Å². The van der Waals surface area contributed by atoms with Gasteiger partial charge in [-0.1, -0.05) is 24.3 Å². The van der Waals surface area contributed by atoms with Gasteiger partial charge in [-0.2, -0.15) is 0 Å². The van der Waals surface area contributed by atoms with Crippen molar-refractivity contribution in [2.45, 2.75) is 6.54 Å². The standard InChI is InChI=1S/C16H15N3O4S/c1-24(22,23)18-10-11-4-6-12(7-5-11)14-9-15(20)19(21)16-13(14)3-2-8-17-16/h2-9,18,21H,10H2,1H3. The number of nitrogens with one attached hydrogen (secondary N) is 1. The number of hydrogen-bond donors (Lipinski definition) is 2. The Kier molecular flexibility index (Phi) is 4.08. The molecule has 0 bridgehead atoms. The molecule has 0 aliphatic heterocycles. The molecule has 0 unspecified atom stereocenters. The highest BCUT2D eigenvalue weighted by molar-refractivity contribution is 7.88. The molecule has 0 aliphatic carbocycles. The lowest BCUT2D eigenvalue weighted by Crippen LogP contribution is -2.21. The molecule has 7 nitrogen and oxygen atoms in total. The van der Waals surface area contributed by atoms with E-state index in [0.29, 0.717) is 15.7 Å². The molecule has 8 heteroatoms. The van der Waals surface area contributed by atoms with E-state index in [1.807, 2.05) is 0 Å². The van der Waals surface area contributed by atoms with Crippen molar-refractivity contribution in [2.75, 3.05) is 6.26 Å². The van der Waals surface area contributed by atoms with Crippen molar-refractivity contribution >= 4 is 21.1 Å². The van der Waals surface area contributed by atoms with Crippen molar-refractivity contribution in [3.8, 4) is 11.1 Å². The van der Waals surface area contributed by atoms with Crippen LogP contribution in [-0.4, -0.2) is 29.6 Å². The van der Waals surface area contributed by atoms with E-state index in [1.165, 1.54) is 12.3 Å². The summed E-state index contributed by atoms with van der Waals surface area (Å²) in [7, 11) is -3.25. The lowest BCUT2D eigenvalue weighted by molar-refractivity contribution is 0.187. The Morgan fingerprint density at radius 2 is 1.92 bits per heavy atom. The summed E-state index contributed by atoms with van der Waals surface area (Å²) in [6.45, 7) is 0.194. The van der Waals surface area contributed by atoms with E-state index in [4.69, 9.17) is 0 Å². The van der Waals surface area contributed by atoms with Gasteiger partial charge in [0.1, 0.15) is 0 Å². The van der Waals surface area contributed by atoms with Gasteiger partial charge in [-0.15, -0.1) is 4.73 Å². The number of benzene rings is 1. The minimum Gasteiger partial charge on any atom is -0.423 e. The third-order valence-corrected chi connectivity index (χ3v) is 4.23. The Morgan fingerprint density at radius 1 is 1.21 bits per heavy atom. The summed E-state index contributed by atoms with van der Waals surface area (Å²) < 4.78 is 25.2. The minimum absolute atomic E-state index is 0.183. The van der Waals surface area contributed by atoms with E-state index in [2.05, 4.69) is 9.71 Å². The van der Waals surface area contributed by atoms with Crippen molar-refractivity contribution in [1.82, 2.24) is 14.4 Å². The first kappa shape index (κ1) is 16.2. The summed E-state index contributed by atoms with van der Waals surface area (Å²) in [5, 5.41) is 10.4. The zero-order valence-corrected chi connectivity index (χ0v) is 13.6. The Bertz CT molecular complexity index is 1060. The average Bonchev–Trinajstić information content (AvgIpc) is 2.56. The highest BCUT2D eigenvalue weighted by atomic mass is 32.2. The largest absolute Gasteiger partial charge is 0.423 e. The summed E-state index contributed by atoms with van der Waals surface area (Å²) in [6, 6.07) is 12.0. The third-order valence-electron chi connectivity index (χ3n) is 3.56. The van der Waals surface area contributed by atoms with E-state index in [0.717, 1.165) is 17.4 Å². The number of nitrogens with zero attached hydrogens (tertiary/aromatic N) is 2. The molecule has 3 aromatic rings. The van der Waals surface area contributed by atoms with E-state index >= 15 is 0 Å². The van der Waals surface area contributed by atoms with Gasteiger partial charge in [0.05, 0.1) is 6.26 Å². The first-order chi connectivity index (χ1) is 11.3. The van der Waals surface area contributed by atoms with Gasteiger partial charge in [-0.3, -0.25) is 4.79 Å². The second-order valence-electron chi connectivity index (χ2n) is 5.37. The van der Waals surface area contributed by atoms with E-state index < -0.39 is 15.6 Å². The molecule has 0 saturated heterocycles. The molecule has 0 fully saturated rings. The second kappa shape index (κ2) is 6.06. The number of rotatable bonds is 4. The van der Waals surface area contributed by atoms with Gasteiger partial charge in [0.25, 0.3) is 5.56 Å². The molecular formula is C16H15N3O4S. The predicted octanol–water partition coefficient (Wildman–Crippen LogP) is 1.35. The van der Waals surface area contributed by atoms with Crippen molar-refractivity contribution in [1.29, 1.82) is 0 Å². The lowest BCUT2D eigenvalue weighted by atomic mass is 10.0. The van der Waals surface area contributed by atoms with Crippen molar-refractivity contribution < 1.29 is 13.6 Å². The normalized spacial score (nSPS) is 11.7. The SMILES string of the molecule is CS(=O)(=O)NCc1ccc(-c2cc(=O)n(O)c3ncccc23)cc1. The molecule has 0 amide bonds. The number of fused-ring (bicyclic) bond motifs is 1. The van der Waals surface area contributed by atoms with Gasteiger partial charge in [0.15, 0.2) is 5.65 Å². The van der Waals surface area contributed by atoms with Gasteiger partial charge in [-0.05, 0) is 28.8 Å². The lowest BCUT2D eigenvalue weighted by Gasteiger charge is -2.09. The number of pyridine rings is 2. The summed E-state index contributed by atoms with van der Waals surface area (Å²) in [4.78, 5) is 15.9. The highest BCUT2D eigenvalue weighted by Crippen LogP contribution is 2.26. The quantitative estimate of drug-likeness (QED) is 0.695. The predicted molar refractivity (Wildman–Crippen MR) is 90.3 cm³/mol. The third kappa shape index (κ3) is 3.29. The van der Waals surface area contributed by atoms with Crippen molar-refractivity contribution in [3.05, 3.63) is 64.6 Å². The smallest absolute Gasteiger partial charge is 0.285 e. The van der Waals surface area contributed by atoms with Crippen LogP contribution in [0.5, 0.6) is 0 Å². The van der Waals surface area contributed by atoms with Gasteiger partial charge in [-0.25, -0.2) is 18.1 Å². The Morgan fingerprint density at radius 3 is 2.58 bits per heavy atom. The van der Waals surface area contributed by atoms with Gasteiger partial charge < -0.3 is 5.21 Å². The molecule has 2 N–H and O–H groups in total. The summed E-state index contributed by atoms with van der Waals surface area (Å²) in [5.74, 6) is 0. The highest BCUT2D eigenvalue weighted by Gasteiger charge is 2.10. The van der Waals surface area contributed by atoms with E-state index in [-0.39, 0.29) is 12.2 Å². The van der Waals surface area contributed by atoms with Crippen LogP contribution < -0.4 is 10.3 Å². The summed E-state index contributed by atoms with van der Waals surface area (Å²) >= 11 is 0. The van der Waals surface area contributed by atoms with E-state index in [9.17, 15) is 18.4 Å². The molecule has 124 valence electrons. The maximum atomic E-state index is 11.9. The fraction of sp³-hybridized carbons (Fsp3) is 0.125. The number of aromatic nitrogens is 2. The van der Waals surface area contributed by atoms with Crippen molar-refractivity contribution in [3.63, 3.8) is 0 Å². The molecule has 0 aliphatic rings. The molecule has 0 saturated carbocycles. The van der Waals surface area contributed by atoms with Crippen LogP contribution >= 0.6 is 0 Å². The van der Waals surface area contributed by atoms with Crippen LogP contribution in [0.15, 0.2) is 53.5 Å². The van der Waals surface area contributed by atoms with Crippen LogP contribution in [0, 0.1) is 0 Å². The second-order valence-corrected chi connectivity index (χ2v) is 7.21. The fourth-order valence-electron chi connectivity index (χ4n) is 2.40. The maximum Gasteiger partial charge on any atom is 0.285 e. The van der Waals surface area contributed by atoms with Gasteiger partial charge in [0.2, 0.25) is 10.0 Å². The molecule has 0 spiro atoms. The van der Waals surface area contributed by atoms with Gasteiger partial charge in [0, 0.05) is 24.2 Å². The summed E-state index contributed by atoms with van der Waals surface area (Å²) in [6.07, 6.45) is 2.60. The Labute approximate surface area is 138 Å². The zero-order chi connectivity index (χ0) is 17.3. The van der Waals surface area contributed by atoms with Crippen LogP contribution in [0.2, 0.25) is 0 Å². The first-order valence-corrected chi connectivity index (χ1v) is 8.98. The molecule has 24 heavy (non-hydrogen) atoms. The van der Waals surface area contributed by atoms with Crippen molar-refractivity contribution in [2.24, 2.45) is 0 Å². The Hall–Kier alpha value is -2.71. The monoisotopic (exact) mass is 345 g/mol. The molecule has 0 radical (unpaired) electrons. The molecule has 2 heterocycles. The molecule has 0 atom stereocenters. The Balaban J connectivity index is 2.02. The van der Waals surface area contributed by atoms with Crippen LogP contribution in [0.1, 0.15) is 5.56 Å². The van der Waals surface area contributed by atoms with Crippen LogP contribution in [-0.2, 0) is 16.6 Å². The molecule has 2 aromatic heterocycles. The zero-order valence-electron chi connectivity index (χ0n) is 12.8. The van der Waals surface area contributed by atoms with Crippen LogP contribution in [0.4, 0.5) is 0 Å².